The summed E-state index contributed by atoms with van der Waals surface area (Å²) in [6.07, 6.45) is 0.878. The van der Waals surface area contributed by atoms with E-state index in [-0.39, 0.29) is 5.56 Å². The van der Waals surface area contributed by atoms with Crippen molar-refractivity contribution in [2.24, 2.45) is 0 Å². The maximum absolute atomic E-state index is 13.1. The first-order valence-electron chi connectivity index (χ1n) is 5.34. The van der Waals surface area contributed by atoms with Crippen molar-refractivity contribution >= 4 is 17.5 Å². The molecule has 0 aliphatic carbocycles. The summed E-state index contributed by atoms with van der Waals surface area (Å²) in [4.78, 5) is 0. The van der Waals surface area contributed by atoms with Gasteiger partial charge in [-0.15, -0.1) is 0 Å². The van der Waals surface area contributed by atoms with Gasteiger partial charge in [0.05, 0.1) is 11.7 Å². The summed E-state index contributed by atoms with van der Waals surface area (Å²) in [5.74, 6) is -3.50. The maximum Gasteiger partial charge on any atom is 0.194 e. The largest absolute Gasteiger partial charge is 0.367 e. The quantitative estimate of drug-likeness (QED) is 0.867. The molecule has 0 atom stereocenters. The molecule has 0 bridgehead atoms. The van der Waals surface area contributed by atoms with E-state index in [1.807, 2.05) is 6.92 Å². The Bertz CT molecular complexity index is 533. The van der Waals surface area contributed by atoms with Crippen LogP contribution in [0.2, 0.25) is 0 Å². The summed E-state index contributed by atoms with van der Waals surface area (Å²) in [6, 6.07) is 1.82. The molecule has 2 aromatic rings. The van der Waals surface area contributed by atoms with Gasteiger partial charge in [-0.1, -0.05) is 6.92 Å². The highest BCUT2D eigenvalue weighted by Crippen LogP contribution is 2.28. The van der Waals surface area contributed by atoms with E-state index in [4.69, 9.17) is 0 Å². The molecule has 0 spiro atoms. The van der Waals surface area contributed by atoms with E-state index >= 15 is 0 Å². The molecule has 2 rings (SSSR count). The Balaban J connectivity index is 2.40. The minimum Gasteiger partial charge on any atom is -0.367 e. The molecule has 18 heavy (non-hydrogen) atoms. The van der Waals surface area contributed by atoms with Crippen LogP contribution in [0.4, 0.5) is 19.0 Å². The van der Waals surface area contributed by atoms with Crippen molar-refractivity contribution in [3.63, 3.8) is 0 Å². The average molecular weight is 273 g/mol. The van der Waals surface area contributed by atoms with E-state index in [9.17, 15) is 13.2 Å². The zero-order valence-electron chi connectivity index (χ0n) is 9.51. The summed E-state index contributed by atoms with van der Waals surface area (Å²) >= 11 is 0.926. The number of nitrogens with zero attached hydrogens (tertiary/aromatic N) is 2. The van der Waals surface area contributed by atoms with E-state index in [0.29, 0.717) is 18.1 Å². The molecule has 0 saturated carbocycles. The van der Waals surface area contributed by atoms with Crippen molar-refractivity contribution in [2.45, 2.75) is 13.3 Å². The first kappa shape index (κ1) is 12.8. The highest BCUT2D eigenvalue weighted by Gasteiger charge is 2.16. The number of hydrogen-bond donors (Lipinski definition) is 1. The van der Waals surface area contributed by atoms with Crippen LogP contribution in [0.1, 0.15) is 13.3 Å². The van der Waals surface area contributed by atoms with Gasteiger partial charge >= 0.3 is 0 Å². The third-order valence-electron chi connectivity index (χ3n) is 2.29. The van der Waals surface area contributed by atoms with E-state index < -0.39 is 17.5 Å². The van der Waals surface area contributed by atoms with Crippen LogP contribution in [0.25, 0.3) is 11.3 Å². The molecule has 0 aliphatic heterocycles. The SMILES string of the molecule is CCCNc1nsnc1-c1cc(F)c(F)c(F)c1. The smallest absolute Gasteiger partial charge is 0.194 e. The molecule has 0 aliphatic rings. The predicted molar refractivity (Wildman–Crippen MR) is 64.0 cm³/mol. The highest BCUT2D eigenvalue weighted by atomic mass is 32.1. The first-order valence-corrected chi connectivity index (χ1v) is 6.07. The molecule has 1 heterocycles. The average Bonchev–Trinajstić information content (AvgIpc) is 2.81. The van der Waals surface area contributed by atoms with Gasteiger partial charge in [0.15, 0.2) is 23.3 Å². The topological polar surface area (TPSA) is 37.8 Å². The van der Waals surface area contributed by atoms with Gasteiger partial charge in [-0.05, 0) is 18.6 Å². The van der Waals surface area contributed by atoms with Gasteiger partial charge in [0.2, 0.25) is 0 Å². The zero-order chi connectivity index (χ0) is 13.1. The highest BCUT2D eigenvalue weighted by molar-refractivity contribution is 6.99. The Hall–Kier alpha value is -1.63. The molecule has 1 aromatic carbocycles. The van der Waals surface area contributed by atoms with E-state index in [1.54, 1.807) is 0 Å². The standard InChI is InChI=1S/C11H10F3N3S/c1-2-3-15-11-10(16-18-17-11)6-4-7(12)9(14)8(13)5-6/h4-5H,2-3H2,1H3,(H,15,17). The third kappa shape index (κ3) is 2.45. The number of aromatic nitrogens is 2. The zero-order valence-corrected chi connectivity index (χ0v) is 10.3. The first-order chi connectivity index (χ1) is 8.63. The fourth-order valence-corrected chi connectivity index (χ4v) is 1.98. The van der Waals surface area contributed by atoms with Gasteiger partial charge in [0.25, 0.3) is 0 Å². The molecule has 7 heteroatoms. The summed E-state index contributed by atoms with van der Waals surface area (Å²) in [5.41, 5.74) is 0.491. The number of halogens is 3. The van der Waals surface area contributed by atoms with E-state index in [0.717, 1.165) is 30.3 Å². The summed E-state index contributed by atoms with van der Waals surface area (Å²) in [5, 5.41) is 2.99. The lowest BCUT2D eigenvalue weighted by atomic mass is 10.1. The normalized spacial score (nSPS) is 10.7. The molecular weight excluding hydrogens is 263 g/mol. The van der Waals surface area contributed by atoms with Crippen LogP contribution in [-0.4, -0.2) is 15.3 Å². The third-order valence-corrected chi connectivity index (χ3v) is 2.82. The van der Waals surface area contributed by atoms with Crippen molar-refractivity contribution in [1.82, 2.24) is 8.75 Å². The molecule has 0 saturated heterocycles. The Morgan fingerprint density at radius 1 is 1.17 bits per heavy atom. The van der Waals surface area contributed by atoms with Crippen molar-refractivity contribution in [1.29, 1.82) is 0 Å². The monoisotopic (exact) mass is 273 g/mol. The van der Waals surface area contributed by atoms with Crippen molar-refractivity contribution in [3.8, 4) is 11.3 Å². The Morgan fingerprint density at radius 2 is 1.83 bits per heavy atom. The number of rotatable bonds is 4. The van der Waals surface area contributed by atoms with Crippen LogP contribution >= 0.6 is 11.7 Å². The Kier molecular flexibility index (Phi) is 3.81. The summed E-state index contributed by atoms with van der Waals surface area (Å²) < 4.78 is 47.1. The molecule has 0 radical (unpaired) electrons. The summed E-state index contributed by atoms with van der Waals surface area (Å²) in [6.45, 7) is 2.65. The van der Waals surface area contributed by atoms with E-state index in [2.05, 4.69) is 14.1 Å². The second-order valence-corrected chi connectivity index (χ2v) is 4.17. The summed E-state index contributed by atoms with van der Waals surface area (Å²) in [7, 11) is 0. The maximum atomic E-state index is 13.1. The van der Waals surface area contributed by atoms with Gasteiger partial charge in [0.1, 0.15) is 5.69 Å². The molecule has 1 aromatic heterocycles. The van der Waals surface area contributed by atoms with Crippen LogP contribution in [0, 0.1) is 17.5 Å². The van der Waals surface area contributed by atoms with Crippen LogP contribution in [0.3, 0.4) is 0 Å². The van der Waals surface area contributed by atoms with Gasteiger partial charge in [-0.2, -0.15) is 8.75 Å². The predicted octanol–water partition coefficient (Wildman–Crippen LogP) is 3.44. The van der Waals surface area contributed by atoms with Crippen molar-refractivity contribution in [3.05, 3.63) is 29.6 Å². The lowest BCUT2D eigenvalue weighted by Gasteiger charge is -2.04. The van der Waals surface area contributed by atoms with Crippen LogP contribution < -0.4 is 5.32 Å². The van der Waals surface area contributed by atoms with Crippen molar-refractivity contribution in [2.75, 3.05) is 11.9 Å². The number of hydrogen-bond acceptors (Lipinski definition) is 4. The van der Waals surface area contributed by atoms with Crippen LogP contribution in [0.5, 0.6) is 0 Å². The molecule has 1 N–H and O–H groups in total. The van der Waals surface area contributed by atoms with Crippen LogP contribution in [0.15, 0.2) is 12.1 Å². The number of benzene rings is 1. The lowest BCUT2D eigenvalue weighted by molar-refractivity contribution is 0.447. The number of nitrogens with one attached hydrogen (secondary N) is 1. The van der Waals surface area contributed by atoms with Gasteiger partial charge in [-0.3, -0.25) is 0 Å². The molecule has 3 nitrogen and oxygen atoms in total. The molecular formula is C11H10F3N3S. The van der Waals surface area contributed by atoms with Gasteiger partial charge in [0, 0.05) is 12.1 Å². The van der Waals surface area contributed by atoms with Crippen LogP contribution in [-0.2, 0) is 0 Å². The molecule has 0 unspecified atom stereocenters. The fraction of sp³-hybridized carbons (Fsp3) is 0.273. The second kappa shape index (κ2) is 5.34. The van der Waals surface area contributed by atoms with Crippen molar-refractivity contribution < 1.29 is 13.2 Å². The second-order valence-electron chi connectivity index (χ2n) is 3.64. The minimum atomic E-state index is -1.48. The molecule has 0 amide bonds. The Morgan fingerprint density at radius 3 is 2.44 bits per heavy atom. The molecule has 0 fully saturated rings. The molecule has 96 valence electrons. The lowest BCUT2D eigenvalue weighted by Crippen LogP contribution is -2.01. The van der Waals surface area contributed by atoms with E-state index in [1.165, 1.54) is 0 Å². The fourth-order valence-electron chi connectivity index (χ4n) is 1.43. The minimum absolute atomic E-state index is 0.166. The Labute approximate surface area is 106 Å². The number of anilines is 1. The van der Waals surface area contributed by atoms with Gasteiger partial charge < -0.3 is 5.32 Å². The van der Waals surface area contributed by atoms with Gasteiger partial charge in [-0.25, -0.2) is 13.2 Å².